The average Bonchev–Trinajstić information content (AvgIpc) is 2.95. The van der Waals surface area contributed by atoms with Crippen molar-refractivity contribution < 1.29 is 33.6 Å². The van der Waals surface area contributed by atoms with Gasteiger partial charge in [-0.1, -0.05) is 33.3 Å². The second kappa shape index (κ2) is 20.7. The molecular weight excluding hydrogens is 574 g/mol. The van der Waals surface area contributed by atoms with Crippen LogP contribution in [0.15, 0.2) is 18.2 Å². The molecule has 1 amide bonds. The Morgan fingerprint density at radius 2 is 1.62 bits per heavy atom. The van der Waals surface area contributed by atoms with Crippen LogP contribution in [-0.4, -0.2) is 74.2 Å². The Morgan fingerprint density at radius 3 is 2.22 bits per heavy atom. The third kappa shape index (κ3) is 15.2. The molecule has 0 aliphatic carbocycles. The Labute approximate surface area is 272 Å². The number of aliphatic hydroxyl groups excluding tert-OH is 1. The van der Waals surface area contributed by atoms with Crippen LogP contribution in [0.5, 0.6) is 11.5 Å². The fourth-order valence-corrected chi connectivity index (χ4v) is 5.13. The third-order valence-electron chi connectivity index (χ3n) is 7.89. The van der Waals surface area contributed by atoms with Crippen LogP contribution in [0, 0.1) is 17.8 Å². The number of amides is 1. The number of nitrogens with one attached hydrogen (secondary N) is 1. The van der Waals surface area contributed by atoms with Crippen LogP contribution in [-0.2, 0) is 25.5 Å². The highest BCUT2D eigenvalue weighted by molar-refractivity contribution is 5.92. The number of benzene rings is 1. The minimum absolute atomic E-state index is 0.180. The molecule has 0 aliphatic rings. The minimum atomic E-state index is -1.65. The van der Waals surface area contributed by atoms with E-state index in [1.54, 1.807) is 27.9 Å². The Morgan fingerprint density at radius 1 is 0.956 bits per heavy atom. The van der Waals surface area contributed by atoms with E-state index in [1.807, 2.05) is 25.1 Å². The smallest absolute Gasteiger partial charge is 0.314 e. The Balaban J connectivity index is 3.14. The molecule has 6 N–H and O–H groups in total. The second-order valence-electron chi connectivity index (χ2n) is 13.6. The van der Waals surface area contributed by atoms with Gasteiger partial charge in [0.15, 0.2) is 11.5 Å². The highest BCUT2D eigenvalue weighted by atomic mass is 16.6. The lowest BCUT2D eigenvalue weighted by Crippen LogP contribution is -2.62. The van der Waals surface area contributed by atoms with Crippen molar-refractivity contribution in [3.8, 4) is 11.5 Å². The number of unbranched alkanes of at least 4 members (excludes halogenated alkanes) is 2. The summed E-state index contributed by atoms with van der Waals surface area (Å²) in [4.78, 5) is 26.5. The molecular formula is C35H63N3O7. The van der Waals surface area contributed by atoms with Crippen molar-refractivity contribution in [1.29, 1.82) is 0 Å². The molecule has 0 aliphatic heterocycles. The lowest BCUT2D eigenvalue weighted by atomic mass is 9.77. The molecule has 0 bridgehead atoms. The van der Waals surface area contributed by atoms with Crippen molar-refractivity contribution in [1.82, 2.24) is 5.32 Å². The summed E-state index contributed by atoms with van der Waals surface area (Å²) in [5.74, 6) is -0.523. The fourth-order valence-electron chi connectivity index (χ4n) is 5.13. The van der Waals surface area contributed by atoms with Crippen LogP contribution in [0.25, 0.3) is 0 Å². The van der Waals surface area contributed by atoms with E-state index < -0.39 is 35.0 Å². The highest BCUT2D eigenvalue weighted by Gasteiger charge is 2.48. The van der Waals surface area contributed by atoms with Crippen molar-refractivity contribution in [3.63, 3.8) is 0 Å². The van der Waals surface area contributed by atoms with Crippen molar-refractivity contribution in [3.05, 3.63) is 23.8 Å². The molecule has 260 valence electrons. The number of aliphatic hydroxyl groups is 1. The van der Waals surface area contributed by atoms with Gasteiger partial charge in [-0.3, -0.25) is 9.59 Å². The standard InChI is InChI=1S/C35H63N3O7/c1-9-10-19-38-33(41)35(7,37)31(32(40)45-34(4,5)6)28(39)16-15-27(25(2)3)23-26-14-17-29(43-21-12-11-18-36)30(24-26)44-22-13-20-42-8/h14,17,24-25,27-28,31,39H,9-13,15-16,18-23,36-37H2,1-8H3,(H,38,41)/t27-,28-,31-,35+/m0/s1. The predicted octanol–water partition coefficient (Wildman–Crippen LogP) is 4.77. The number of nitrogens with two attached hydrogens (primary N) is 2. The molecule has 1 aromatic rings. The van der Waals surface area contributed by atoms with E-state index in [1.165, 1.54) is 6.92 Å². The number of rotatable bonds is 23. The molecule has 0 saturated carbocycles. The van der Waals surface area contributed by atoms with Crippen LogP contribution in [0.3, 0.4) is 0 Å². The van der Waals surface area contributed by atoms with Gasteiger partial charge in [-0.05, 0) is 102 Å². The molecule has 0 radical (unpaired) electrons. The minimum Gasteiger partial charge on any atom is -0.490 e. The van der Waals surface area contributed by atoms with Crippen LogP contribution in [0.4, 0.5) is 0 Å². The topological polar surface area (TPSA) is 155 Å². The Kier molecular flexibility index (Phi) is 18.7. The lowest BCUT2D eigenvalue weighted by molar-refractivity contribution is -0.170. The quantitative estimate of drug-likeness (QED) is 0.0981. The predicted molar refractivity (Wildman–Crippen MR) is 179 cm³/mol. The Hall–Kier alpha value is -2.40. The van der Waals surface area contributed by atoms with Crippen LogP contribution in [0.2, 0.25) is 0 Å². The summed E-state index contributed by atoms with van der Waals surface area (Å²) in [5, 5.41) is 14.3. The summed E-state index contributed by atoms with van der Waals surface area (Å²) in [6.45, 7) is 15.8. The van der Waals surface area contributed by atoms with Crippen LogP contribution in [0.1, 0.15) is 99.0 Å². The molecule has 0 saturated heterocycles. The van der Waals surface area contributed by atoms with E-state index >= 15 is 0 Å². The number of carbonyl (C=O) groups excluding carboxylic acids is 2. The van der Waals surface area contributed by atoms with E-state index in [2.05, 4.69) is 19.2 Å². The van der Waals surface area contributed by atoms with Gasteiger partial charge in [0, 0.05) is 26.7 Å². The number of hydrogen-bond donors (Lipinski definition) is 4. The average molecular weight is 638 g/mol. The molecule has 4 atom stereocenters. The molecule has 0 heterocycles. The van der Waals surface area contributed by atoms with Gasteiger partial charge < -0.3 is 40.8 Å². The van der Waals surface area contributed by atoms with E-state index in [0.29, 0.717) is 50.8 Å². The normalized spacial score (nSPS) is 15.2. The highest BCUT2D eigenvalue weighted by Crippen LogP contribution is 2.33. The first-order valence-electron chi connectivity index (χ1n) is 16.7. The lowest BCUT2D eigenvalue weighted by Gasteiger charge is -2.36. The number of carbonyl (C=O) groups is 2. The molecule has 1 aromatic carbocycles. The zero-order valence-corrected chi connectivity index (χ0v) is 29.3. The van der Waals surface area contributed by atoms with Gasteiger partial charge >= 0.3 is 5.97 Å². The summed E-state index contributed by atoms with van der Waals surface area (Å²) in [6, 6.07) is 6.02. The van der Waals surface area contributed by atoms with Gasteiger partial charge in [-0.2, -0.15) is 0 Å². The summed E-state index contributed by atoms with van der Waals surface area (Å²) >= 11 is 0. The monoisotopic (exact) mass is 637 g/mol. The summed E-state index contributed by atoms with van der Waals surface area (Å²) < 4.78 is 22.9. The molecule has 10 heteroatoms. The first kappa shape index (κ1) is 40.6. The zero-order valence-electron chi connectivity index (χ0n) is 29.3. The second-order valence-corrected chi connectivity index (χ2v) is 13.6. The molecule has 0 fully saturated rings. The maximum atomic E-state index is 13.4. The van der Waals surface area contributed by atoms with Gasteiger partial charge in [-0.25, -0.2) is 0 Å². The van der Waals surface area contributed by atoms with E-state index in [0.717, 1.165) is 44.1 Å². The molecule has 45 heavy (non-hydrogen) atoms. The summed E-state index contributed by atoms with van der Waals surface area (Å²) in [6.07, 6.45) is 4.68. The Bertz CT molecular complexity index is 994. The first-order chi connectivity index (χ1) is 21.2. The van der Waals surface area contributed by atoms with Gasteiger partial charge in [0.2, 0.25) is 5.91 Å². The van der Waals surface area contributed by atoms with E-state index in [9.17, 15) is 14.7 Å². The zero-order chi connectivity index (χ0) is 34.0. The SMILES string of the molecule is CCCCNC(=O)[C@](C)(N)[C@H](C(=O)OC(C)(C)C)[C@@H](O)CC[C@@H](Cc1ccc(OCCCCN)c(OCCCOC)c1)C(C)C. The maximum Gasteiger partial charge on any atom is 0.314 e. The van der Waals surface area contributed by atoms with Crippen molar-refractivity contribution in [2.24, 2.45) is 29.2 Å². The molecule has 0 aromatic heterocycles. The van der Waals surface area contributed by atoms with Crippen molar-refractivity contribution in [2.75, 3.05) is 40.0 Å². The van der Waals surface area contributed by atoms with Gasteiger partial charge in [0.25, 0.3) is 0 Å². The summed E-state index contributed by atoms with van der Waals surface area (Å²) in [7, 11) is 1.67. The molecule has 10 nitrogen and oxygen atoms in total. The van der Waals surface area contributed by atoms with Crippen molar-refractivity contribution in [2.45, 2.75) is 117 Å². The third-order valence-corrected chi connectivity index (χ3v) is 7.89. The first-order valence-corrected chi connectivity index (χ1v) is 16.7. The van der Waals surface area contributed by atoms with Crippen LogP contribution < -0.4 is 26.3 Å². The maximum absolute atomic E-state index is 13.4. The summed E-state index contributed by atoms with van der Waals surface area (Å²) in [5.41, 5.74) is 10.8. The molecule has 1 rings (SSSR count). The van der Waals surface area contributed by atoms with Gasteiger partial charge in [-0.15, -0.1) is 0 Å². The molecule has 0 unspecified atom stereocenters. The van der Waals surface area contributed by atoms with Gasteiger partial charge in [0.1, 0.15) is 17.1 Å². The number of hydrogen-bond acceptors (Lipinski definition) is 9. The molecule has 0 spiro atoms. The van der Waals surface area contributed by atoms with Gasteiger partial charge in [0.05, 0.1) is 19.3 Å². The van der Waals surface area contributed by atoms with E-state index in [4.69, 9.17) is 30.4 Å². The number of esters is 1. The number of methoxy groups -OCH3 is 1. The number of ether oxygens (including phenoxy) is 4. The van der Waals surface area contributed by atoms with E-state index in [-0.39, 0.29) is 18.3 Å². The van der Waals surface area contributed by atoms with Crippen LogP contribution >= 0.6 is 0 Å². The largest absolute Gasteiger partial charge is 0.490 e. The van der Waals surface area contributed by atoms with Crippen molar-refractivity contribution >= 4 is 11.9 Å². The fraction of sp³-hybridized carbons (Fsp3) is 0.771.